The van der Waals surface area contributed by atoms with Crippen molar-refractivity contribution in [2.75, 3.05) is 6.54 Å². The first-order valence-electron chi connectivity index (χ1n) is 6.21. The molecule has 0 heterocycles. The molecule has 1 aliphatic carbocycles. The van der Waals surface area contributed by atoms with E-state index in [1.165, 1.54) is 13.3 Å². The first-order chi connectivity index (χ1) is 7.99. The molecule has 1 amide bonds. The van der Waals surface area contributed by atoms with Crippen LogP contribution in [-0.2, 0) is 9.59 Å². The van der Waals surface area contributed by atoms with Gasteiger partial charge in [0.25, 0.3) is 0 Å². The highest BCUT2D eigenvalue weighted by Crippen LogP contribution is 2.38. The summed E-state index contributed by atoms with van der Waals surface area (Å²) in [7, 11) is 0. The van der Waals surface area contributed by atoms with Crippen molar-refractivity contribution in [2.45, 2.75) is 51.5 Å². The minimum atomic E-state index is -1.01. The number of hydrogen-bond donors (Lipinski definition) is 3. The van der Waals surface area contributed by atoms with E-state index in [-0.39, 0.29) is 11.3 Å². The fraction of sp³-hybridized carbons (Fsp3) is 0.833. The van der Waals surface area contributed by atoms with E-state index in [1.54, 1.807) is 0 Å². The van der Waals surface area contributed by atoms with Crippen molar-refractivity contribution in [3.05, 3.63) is 0 Å². The number of carboxylic acids is 1. The van der Waals surface area contributed by atoms with Crippen LogP contribution in [0, 0.1) is 5.41 Å². The minimum Gasteiger partial charge on any atom is -0.480 e. The highest BCUT2D eigenvalue weighted by Gasteiger charge is 2.33. The lowest BCUT2D eigenvalue weighted by Gasteiger charge is -2.35. The number of carboxylic acid groups (broad SMARTS) is 1. The van der Waals surface area contributed by atoms with Crippen LogP contribution in [0.5, 0.6) is 0 Å². The summed E-state index contributed by atoms with van der Waals surface area (Å²) >= 11 is 0. The molecule has 0 saturated heterocycles. The fourth-order valence-corrected chi connectivity index (χ4v) is 2.45. The van der Waals surface area contributed by atoms with Gasteiger partial charge in [0.2, 0.25) is 5.91 Å². The molecule has 1 atom stereocenters. The second-order valence-electron chi connectivity index (χ2n) is 5.07. The van der Waals surface area contributed by atoms with Crippen LogP contribution in [0.1, 0.15) is 45.4 Å². The lowest BCUT2D eigenvalue weighted by Crippen LogP contribution is -2.43. The van der Waals surface area contributed by atoms with Gasteiger partial charge in [0.15, 0.2) is 0 Å². The van der Waals surface area contributed by atoms with Crippen LogP contribution in [0.3, 0.4) is 0 Å². The maximum Gasteiger partial charge on any atom is 0.325 e. The van der Waals surface area contributed by atoms with E-state index in [9.17, 15) is 9.59 Å². The highest BCUT2D eigenvalue weighted by atomic mass is 16.4. The lowest BCUT2D eigenvalue weighted by atomic mass is 9.71. The van der Waals surface area contributed by atoms with Gasteiger partial charge in [0.05, 0.1) is 0 Å². The number of carbonyl (C=O) groups excluding carboxylic acids is 1. The second kappa shape index (κ2) is 6.00. The molecule has 1 saturated carbocycles. The average molecular weight is 242 g/mol. The first-order valence-corrected chi connectivity index (χ1v) is 6.21. The molecule has 5 nitrogen and oxygen atoms in total. The van der Waals surface area contributed by atoms with Crippen molar-refractivity contribution in [1.82, 2.24) is 5.32 Å². The van der Waals surface area contributed by atoms with Crippen molar-refractivity contribution in [3.8, 4) is 0 Å². The van der Waals surface area contributed by atoms with Crippen LogP contribution in [0.4, 0.5) is 0 Å². The van der Waals surface area contributed by atoms with Crippen molar-refractivity contribution in [3.63, 3.8) is 0 Å². The van der Waals surface area contributed by atoms with Crippen LogP contribution in [-0.4, -0.2) is 29.6 Å². The number of nitrogens with one attached hydrogen (secondary N) is 1. The molecule has 0 spiro atoms. The summed E-state index contributed by atoms with van der Waals surface area (Å²) in [6, 6.07) is -0.832. The summed E-state index contributed by atoms with van der Waals surface area (Å²) in [5.74, 6) is -1.21. The zero-order valence-corrected chi connectivity index (χ0v) is 10.4. The van der Waals surface area contributed by atoms with Gasteiger partial charge in [-0.2, -0.15) is 0 Å². The molecule has 0 aliphatic heterocycles. The molecule has 4 N–H and O–H groups in total. The van der Waals surface area contributed by atoms with Gasteiger partial charge >= 0.3 is 5.97 Å². The number of amides is 1. The van der Waals surface area contributed by atoms with Crippen molar-refractivity contribution < 1.29 is 14.7 Å². The number of aliphatic carboxylic acids is 1. The Balaban J connectivity index is 2.50. The Labute approximate surface area is 102 Å². The van der Waals surface area contributed by atoms with Crippen molar-refractivity contribution in [1.29, 1.82) is 0 Å². The molecular formula is C12H22N2O3. The maximum atomic E-state index is 11.8. The Kier molecular flexibility index (Phi) is 4.93. The molecule has 0 aromatic rings. The zero-order valence-electron chi connectivity index (χ0n) is 10.4. The van der Waals surface area contributed by atoms with E-state index in [0.29, 0.717) is 13.0 Å². The molecule has 1 rings (SSSR count). The van der Waals surface area contributed by atoms with Gasteiger partial charge < -0.3 is 16.2 Å². The summed E-state index contributed by atoms with van der Waals surface area (Å²) < 4.78 is 0. The Morgan fingerprint density at radius 3 is 2.41 bits per heavy atom. The molecular weight excluding hydrogens is 220 g/mol. The number of rotatable bonds is 5. The second-order valence-corrected chi connectivity index (χ2v) is 5.07. The van der Waals surface area contributed by atoms with Gasteiger partial charge in [0.1, 0.15) is 6.04 Å². The Morgan fingerprint density at radius 1 is 1.35 bits per heavy atom. The van der Waals surface area contributed by atoms with Gasteiger partial charge in [-0.25, -0.2) is 0 Å². The van der Waals surface area contributed by atoms with Crippen LogP contribution >= 0.6 is 0 Å². The molecule has 0 aromatic carbocycles. The SMILES string of the molecule is CC(NC(=O)CC1(CN)CCCCC1)C(=O)O. The predicted molar refractivity (Wildman–Crippen MR) is 64.4 cm³/mol. The molecule has 1 unspecified atom stereocenters. The molecule has 1 fully saturated rings. The molecule has 0 radical (unpaired) electrons. The Hall–Kier alpha value is -1.10. The topological polar surface area (TPSA) is 92.4 Å². The Morgan fingerprint density at radius 2 is 1.94 bits per heavy atom. The number of carbonyl (C=O) groups is 2. The third-order valence-electron chi connectivity index (χ3n) is 3.63. The van der Waals surface area contributed by atoms with Crippen LogP contribution in [0.25, 0.3) is 0 Å². The van der Waals surface area contributed by atoms with E-state index in [4.69, 9.17) is 10.8 Å². The summed E-state index contributed by atoms with van der Waals surface area (Å²) in [6.07, 6.45) is 5.71. The maximum absolute atomic E-state index is 11.8. The van der Waals surface area contributed by atoms with E-state index in [1.807, 2.05) is 0 Å². The largest absolute Gasteiger partial charge is 0.480 e. The molecule has 0 aromatic heterocycles. The summed E-state index contributed by atoms with van der Waals surface area (Å²) in [6.45, 7) is 1.97. The quantitative estimate of drug-likeness (QED) is 0.667. The summed E-state index contributed by atoms with van der Waals surface area (Å²) in [5.41, 5.74) is 5.67. The van der Waals surface area contributed by atoms with E-state index in [2.05, 4.69) is 5.32 Å². The molecule has 17 heavy (non-hydrogen) atoms. The highest BCUT2D eigenvalue weighted by molar-refractivity contribution is 5.83. The molecule has 0 bridgehead atoms. The monoisotopic (exact) mass is 242 g/mol. The normalized spacial score (nSPS) is 20.6. The van der Waals surface area contributed by atoms with Gasteiger partial charge in [-0.15, -0.1) is 0 Å². The van der Waals surface area contributed by atoms with Crippen LogP contribution < -0.4 is 11.1 Å². The number of hydrogen-bond acceptors (Lipinski definition) is 3. The predicted octanol–water partition coefficient (Wildman–Crippen LogP) is 0.875. The van der Waals surface area contributed by atoms with E-state index in [0.717, 1.165) is 25.7 Å². The summed E-state index contributed by atoms with van der Waals surface area (Å²) in [5, 5.41) is 11.2. The summed E-state index contributed by atoms with van der Waals surface area (Å²) in [4.78, 5) is 22.4. The smallest absolute Gasteiger partial charge is 0.325 e. The fourth-order valence-electron chi connectivity index (χ4n) is 2.45. The first kappa shape index (κ1) is 14.0. The van der Waals surface area contributed by atoms with E-state index < -0.39 is 12.0 Å². The van der Waals surface area contributed by atoms with Gasteiger partial charge in [-0.05, 0) is 31.7 Å². The Bertz CT molecular complexity index is 285. The lowest BCUT2D eigenvalue weighted by molar-refractivity contribution is -0.141. The van der Waals surface area contributed by atoms with Gasteiger partial charge in [-0.3, -0.25) is 9.59 Å². The standard InChI is InChI=1S/C12H22N2O3/c1-9(11(16)17)14-10(15)7-12(8-13)5-3-2-4-6-12/h9H,2-8,13H2,1H3,(H,14,15)(H,16,17). The molecule has 1 aliphatic rings. The zero-order chi connectivity index (χ0) is 12.9. The van der Waals surface area contributed by atoms with Crippen molar-refractivity contribution in [2.24, 2.45) is 11.1 Å². The third-order valence-corrected chi connectivity index (χ3v) is 3.63. The van der Waals surface area contributed by atoms with E-state index >= 15 is 0 Å². The van der Waals surface area contributed by atoms with Crippen LogP contribution in [0.2, 0.25) is 0 Å². The minimum absolute atomic E-state index is 0.111. The van der Waals surface area contributed by atoms with Gasteiger partial charge in [0, 0.05) is 6.42 Å². The van der Waals surface area contributed by atoms with Crippen LogP contribution in [0.15, 0.2) is 0 Å². The number of nitrogens with two attached hydrogens (primary N) is 1. The molecule has 98 valence electrons. The third kappa shape index (κ3) is 4.00. The van der Waals surface area contributed by atoms with Gasteiger partial charge in [-0.1, -0.05) is 19.3 Å². The van der Waals surface area contributed by atoms with Crippen molar-refractivity contribution >= 4 is 11.9 Å². The average Bonchev–Trinajstić information content (AvgIpc) is 2.29. The molecule has 5 heteroatoms.